The van der Waals surface area contributed by atoms with Crippen molar-refractivity contribution in [2.75, 3.05) is 5.32 Å². The van der Waals surface area contributed by atoms with Gasteiger partial charge in [-0.1, -0.05) is 18.2 Å². The number of alkyl halides is 2. The van der Waals surface area contributed by atoms with Crippen LogP contribution in [0, 0.1) is 11.6 Å². The van der Waals surface area contributed by atoms with Gasteiger partial charge in [0.05, 0.1) is 16.9 Å². The third-order valence-corrected chi connectivity index (χ3v) is 3.44. The van der Waals surface area contributed by atoms with Crippen LogP contribution in [0.15, 0.2) is 36.4 Å². The number of hydrogen-bond acceptors (Lipinski definition) is 2. The van der Waals surface area contributed by atoms with E-state index in [0.717, 1.165) is 6.07 Å². The zero-order chi connectivity index (χ0) is 18.0. The minimum atomic E-state index is -3.25. The topological polar surface area (TPSA) is 57.8 Å². The fraction of sp³-hybridized carbons (Fsp3) is 0.0588. The van der Waals surface area contributed by atoms with Crippen LogP contribution in [0.25, 0.3) is 23.1 Å². The number of halogens is 4. The van der Waals surface area contributed by atoms with Crippen LogP contribution in [0.3, 0.4) is 0 Å². The standard InChI is InChI=1S/C17H11F4N3O/c18-10-4-1-9(2-5-10)3-6-13-11-7-15(22-17(25)16(20)21)12(19)8-14(11)24-23-13/h1-8,16H,(H,22,25)(H,23,24)/b6-3+. The summed E-state index contributed by atoms with van der Waals surface area (Å²) in [5, 5.41) is 8.89. The molecule has 2 aromatic carbocycles. The molecule has 0 atom stereocenters. The second-order valence-corrected chi connectivity index (χ2v) is 5.16. The third kappa shape index (κ3) is 3.68. The summed E-state index contributed by atoms with van der Waals surface area (Å²) in [5.74, 6) is -2.82. The van der Waals surface area contributed by atoms with Gasteiger partial charge < -0.3 is 5.32 Å². The van der Waals surface area contributed by atoms with Crippen LogP contribution < -0.4 is 5.32 Å². The molecule has 3 rings (SSSR count). The predicted molar refractivity (Wildman–Crippen MR) is 86.0 cm³/mol. The molecule has 0 unspecified atom stereocenters. The number of fused-ring (bicyclic) bond motifs is 1. The molecule has 0 aliphatic heterocycles. The largest absolute Gasteiger partial charge is 0.319 e. The Hall–Kier alpha value is -3.16. The number of H-pyrrole nitrogens is 1. The first kappa shape index (κ1) is 16.7. The van der Waals surface area contributed by atoms with Gasteiger partial charge in [0, 0.05) is 11.5 Å². The minimum Gasteiger partial charge on any atom is -0.319 e. The molecule has 25 heavy (non-hydrogen) atoms. The third-order valence-electron chi connectivity index (χ3n) is 3.44. The van der Waals surface area contributed by atoms with E-state index in [2.05, 4.69) is 10.2 Å². The van der Waals surface area contributed by atoms with E-state index in [0.29, 0.717) is 22.2 Å². The number of nitrogens with zero attached hydrogens (tertiary/aromatic N) is 1. The molecule has 1 heterocycles. The number of benzene rings is 2. The SMILES string of the molecule is O=C(Nc1cc2c(/C=C/c3ccc(F)cc3)n[nH]c2cc1F)C(F)F. The van der Waals surface area contributed by atoms with Gasteiger partial charge in [-0.05, 0) is 29.8 Å². The van der Waals surface area contributed by atoms with Crippen molar-refractivity contribution >= 4 is 34.6 Å². The van der Waals surface area contributed by atoms with Crippen LogP contribution in [-0.4, -0.2) is 22.5 Å². The van der Waals surface area contributed by atoms with Crippen molar-refractivity contribution in [1.82, 2.24) is 10.2 Å². The summed E-state index contributed by atoms with van der Waals surface area (Å²) >= 11 is 0. The van der Waals surface area contributed by atoms with E-state index in [9.17, 15) is 22.4 Å². The van der Waals surface area contributed by atoms with Gasteiger partial charge in [0.15, 0.2) is 0 Å². The molecule has 128 valence electrons. The molecule has 0 saturated heterocycles. The molecule has 0 aliphatic carbocycles. The highest BCUT2D eigenvalue weighted by Gasteiger charge is 2.18. The Kier molecular flexibility index (Phi) is 4.51. The fourth-order valence-corrected chi connectivity index (χ4v) is 2.22. The quantitative estimate of drug-likeness (QED) is 0.693. The van der Waals surface area contributed by atoms with Crippen molar-refractivity contribution in [3.63, 3.8) is 0 Å². The van der Waals surface area contributed by atoms with Gasteiger partial charge in [0.25, 0.3) is 5.91 Å². The maximum absolute atomic E-state index is 13.9. The van der Waals surface area contributed by atoms with Crippen molar-refractivity contribution in [1.29, 1.82) is 0 Å². The van der Waals surface area contributed by atoms with E-state index < -0.39 is 18.1 Å². The van der Waals surface area contributed by atoms with Gasteiger partial charge in [-0.2, -0.15) is 13.9 Å². The van der Waals surface area contributed by atoms with E-state index >= 15 is 0 Å². The lowest BCUT2D eigenvalue weighted by molar-refractivity contribution is -0.126. The molecule has 2 N–H and O–H groups in total. The molecule has 8 heteroatoms. The van der Waals surface area contributed by atoms with Crippen molar-refractivity contribution in [2.24, 2.45) is 0 Å². The number of anilines is 1. The molecule has 0 bridgehead atoms. The maximum Gasteiger partial charge on any atom is 0.315 e. The zero-order valence-electron chi connectivity index (χ0n) is 12.6. The second kappa shape index (κ2) is 6.76. The lowest BCUT2D eigenvalue weighted by Gasteiger charge is -2.06. The fourth-order valence-electron chi connectivity index (χ4n) is 2.22. The first-order valence-electron chi connectivity index (χ1n) is 7.14. The van der Waals surface area contributed by atoms with Crippen LogP contribution >= 0.6 is 0 Å². The molecular weight excluding hydrogens is 338 g/mol. The summed E-state index contributed by atoms with van der Waals surface area (Å²) in [7, 11) is 0. The number of aromatic nitrogens is 2. The van der Waals surface area contributed by atoms with Gasteiger partial charge in [-0.25, -0.2) is 8.78 Å². The van der Waals surface area contributed by atoms with Gasteiger partial charge >= 0.3 is 6.43 Å². The van der Waals surface area contributed by atoms with E-state index in [-0.39, 0.29) is 11.5 Å². The van der Waals surface area contributed by atoms with Crippen LogP contribution in [0.4, 0.5) is 23.2 Å². The Labute approximate surface area is 139 Å². The molecule has 0 aliphatic rings. The lowest BCUT2D eigenvalue weighted by atomic mass is 10.1. The number of rotatable bonds is 4. The average Bonchev–Trinajstić information content (AvgIpc) is 2.96. The van der Waals surface area contributed by atoms with Crippen LogP contribution in [0.5, 0.6) is 0 Å². The molecule has 4 nitrogen and oxygen atoms in total. The smallest absolute Gasteiger partial charge is 0.315 e. The van der Waals surface area contributed by atoms with E-state index in [1.807, 2.05) is 5.32 Å². The number of amides is 1. The Morgan fingerprint density at radius 1 is 1.12 bits per heavy atom. The summed E-state index contributed by atoms with van der Waals surface area (Å²) in [6, 6.07) is 8.01. The Bertz CT molecular complexity index is 948. The number of aromatic amines is 1. The number of carbonyl (C=O) groups is 1. The summed E-state index contributed by atoms with van der Waals surface area (Å²) in [5.41, 5.74) is 1.10. The molecular formula is C17H11F4N3O. The normalized spacial score (nSPS) is 11.6. The van der Waals surface area contributed by atoms with E-state index in [1.54, 1.807) is 24.3 Å². The van der Waals surface area contributed by atoms with E-state index in [4.69, 9.17) is 0 Å². The van der Waals surface area contributed by atoms with Crippen molar-refractivity contribution in [3.8, 4) is 0 Å². The Balaban J connectivity index is 1.94. The second-order valence-electron chi connectivity index (χ2n) is 5.16. The highest BCUT2D eigenvalue weighted by Crippen LogP contribution is 2.25. The zero-order valence-corrected chi connectivity index (χ0v) is 12.6. The van der Waals surface area contributed by atoms with Gasteiger partial charge in [-0.3, -0.25) is 9.89 Å². The first-order chi connectivity index (χ1) is 11.9. The molecule has 0 spiro atoms. The predicted octanol–water partition coefficient (Wildman–Crippen LogP) is 4.22. The summed E-state index contributed by atoms with van der Waals surface area (Å²) in [6.45, 7) is 0. The highest BCUT2D eigenvalue weighted by atomic mass is 19.3. The van der Waals surface area contributed by atoms with Crippen LogP contribution in [0.1, 0.15) is 11.3 Å². The van der Waals surface area contributed by atoms with Crippen molar-refractivity contribution in [3.05, 3.63) is 59.3 Å². The monoisotopic (exact) mass is 349 g/mol. The molecule has 0 fully saturated rings. The summed E-state index contributed by atoms with van der Waals surface area (Å²) in [4.78, 5) is 11.1. The Morgan fingerprint density at radius 3 is 2.52 bits per heavy atom. The van der Waals surface area contributed by atoms with Crippen LogP contribution in [-0.2, 0) is 4.79 Å². The molecule has 1 amide bonds. The molecule has 0 saturated carbocycles. The van der Waals surface area contributed by atoms with Crippen molar-refractivity contribution < 1.29 is 22.4 Å². The van der Waals surface area contributed by atoms with Gasteiger partial charge in [-0.15, -0.1) is 0 Å². The van der Waals surface area contributed by atoms with Crippen LogP contribution in [0.2, 0.25) is 0 Å². The highest BCUT2D eigenvalue weighted by molar-refractivity contribution is 5.97. The average molecular weight is 349 g/mol. The minimum absolute atomic E-state index is 0.339. The lowest BCUT2D eigenvalue weighted by Crippen LogP contribution is -2.20. The summed E-state index contributed by atoms with van der Waals surface area (Å²) < 4.78 is 51.4. The molecule has 1 aromatic heterocycles. The van der Waals surface area contributed by atoms with Crippen molar-refractivity contribution in [2.45, 2.75) is 6.43 Å². The molecule has 0 radical (unpaired) electrons. The molecule has 3 aromatic rings. The van der Waals surface area contributed by atoms with E-state index in [1.165, 1.54) is 18.2 Å². The Morgan fingerprint density at radius 2 is 1.84 bits per heavy atom. The van der Waals surface area contributed by atoms with Gasteiger partial charge in [0.2, 0.25) is 0 Å². The first-order valence-corrected chi connectivity index (χ1v) is 7.14. The summed E-state index contributed by atoms with van der Waals surface area (Å²) in [6.07, 6.45) is 0.00990. The maximum atomic E-state index is 13.9. The van der Waals surface area contributed by atoms with Gasteiger partial charge in [0.1, 0.15) is 11.6 Å². The number of hydrogen-bond donors (Lipinski definition) is 2. The number of nitrogens with one attached hydrogen (secondary N) is 2. The number of carbonyl (C=O) groups excluding carboxylic acids is 1.